The highest BCUT2D eigenvalue weighted by Crippen LogP contribution is 2.36. The van der Waals surface area contributed by atoms with E-state index in [4.69, 9.17) is 0 Å². The summed E-state index contributed by atoms with van der Waals surface area (Å²) in [5.74, 6) is 0.0309. The third-order valence-corrected chi connectivity index (χ3v) is 4.92. The highest BCUT2D eigenvalue weighted by molar-refractivity contribution is 6.09. The van der Waals surface area contributed by atoms with Gasteiger partial charge in [0.05, 0.1) is 0 Å². The summed E-state index contributed by atoms with van der Waals surface area (Å²) in [5, 5.41) is 0. The van der Waals surface area contributed by atoms with Crippen molar-refractivity contribution in [3.8, 4) is 0 Å². The summed E-state index contributed by atoms with van der Waals surface area (Å²) in [6.07, 6.45) is 2.00. The molecule has 1 saturated heterocycles. The number of aliphatic imine (C=N–C) groups is 1. The quantitative estimate of drug-likeness (QED) is 0.832. The van der Waals surface area contributed by atoms with E-state index in [0.29, 0.717) is 18.9 Å². The van der Waals surface area contributed by atoms with Gasteiger partial charge < -0.3 is 9.80 Å². The van der Waals surface area contributed by atoms with Crippen molar-refractivity contribution in [1.29, 1.82) is 0 Å². The van der Waals surface area contributed by atoms with E-state index < -0.39 is 12.2 Å². The van der Waals surface area contributed by atoms with Crippen molar-refractivity contribution in [3.63, 3.8) is 0 Å². The van der Waals surface area contributed by atoms with Crippen LogP contribution < -0.4 is 4.90 Å². The third-order valence-electron chi connectivity index (χ3n) is 4.92. The summed E-state index contributed by atoms with van der Waals surface area (Å²) in [6, 6.07) is 5.22. The monoisotopic (exact) mass is 357 g/mol. The second-order valence-electron chi connectivity index (χ2n) is 6.66. The molecule has 1 aromatic carbocycles. The Balaban J connectivity index is 1.72. The average molecular weight is 357 g/mol. The number of likely N-dealkylation sites (N-methyl/N-ethyl adjacent to an activating group) is 1. The number of nitrogens with zero attached hydrogens (tertiary/aromatic N) is 5. The molecule has 0 N–H and O–H groups in total. The number of benzene rings is 1. The van der Waals surface area contributed by atoms with Crippen LogP contribution in [0.25, 0.3) is 0 Å². The summed E-state index contributed by atoms with van der Waals surface area (Å²) >= 11 is 0. The van der Waals surface area contributed by atoms with E-state index in [-0.39, 0.29) is 17.8 Å². The molecule has 136 valence electrons. The van der Waals surface area contributed by atoms with Crippen molar-refractivity contribution in [3.05, 3.63) is 42.0 Å². The van der Waals surface area contributed by atoms with Crippen LogP contribution in [0.2, 0.25) is 0 Å². The fraction of sp³-hybridized carbons (Fsp3) is 0.389. The SMILES string of the molecule is CCCN1C(=O)C2C(N=C3N(c4ccc(F)cc4)C(C)=CN32)N(C)C1=O. The van der Waals surface area contributed by atoms with Crippen LogP contribution in [0, 0.1) is 5.82 Å². The van der Waals surface area contributed by atoms with Gasteiger partial charge >= 0.3 is 6.03 Å². The molecule has 3 heterocycles. The second-order valence-corrected chi connectivity index (χ2v) is 6.66. The van der Waals surface area contributed by atoms with Crippen molar-refractivity contribution in [2.45, 2.75) is 32.5 Å². The summed E-state index contributed by atoms with van der Waals surface area (Å²) in [6.45, 7) is 4.23. The number of hydrogen-bond donors (Lipinski definition) is 0. The van der Waals surface area contributed by atoms with Crippen LogP contribution in [0.5, 0.6) is 0 Å². The van der Waals surface area contributed by atoms with Crippen LogP contribution in [0.15, 0.2) is 41.2 Å². The molecule has 0 saturated carbocycles. The summed E-state index contributed by atoms with van der Waals surface area (Å²) < 4.78 is 13.3. The van der Waals surface area contributed by atoms with Crippen LogP contribution in [0.1, 0.15) is 20.3 Å². The van der Waals surface area contributed by atoms with E-state index in [1.165, 1.54) is 21.9 Å². The van der Waals surface area contributed by atoms with Crippen LogP contribution in [0.3, 0.4) is 0 Å². The molecule has 1 aromatic rings. The minimum absolute atomic E-state index is 0.233. The Hall–Kier alpha value is -2.90. The van der Waals surface area contributed by atoms with Gasteiger partial charge in [0.15, 0.2) is 12.2 Å². The molecular weight excluding hydrogens is 337 g/mol. The van der Waals surface area contributed by atoms with Crippen LogP contribution in [-0.2, 0) is 4.79 Å². The lowest BCUT2D eigenvalue weighted by molar-refractivity contribution is -0.136. The zero-order chi connectivity index (χ0) is 18.6. The fourth-order valence-electron chi connectivity index (χ4n) is 3.69. The van der Waals surface area contributed by atoms with E-state index in [9.17, 15) is 14.0 Å². The van der Waals surface area contributed by atoms with E-state index in [1.54, 1.807) is 19.2 Å². The normalized spacial score (nSPS) is 24.8. The number of fused-ring (bicyclic) bond motifs is 3. The topological polar surface area (TPSA) is 59.5 Å². The molecule has 0 bridgehead atoms. The number of hydrogen-bond acceptors (Lipinski definition) is 5. The standard InChI is InChI=1S/C18H20FN5O2/c1-4-9-22-16(25)14-15(21(3)18(22)26)20-17-23(14)10-11(2)24(17)13-7-5-12(19)6-8-13/h5-8,10,14-15H,4,9H2,1-3H3. The van der Waals surface area contributed by atoms with Gasteiger partial charge in [-0.1, -0.05) is 6.92 Å². The molecule has 0 aliphatic carbocycles. The summed E-state index contributed by atoms with van der Waals surface area (Å²) in [5.41, 5.74) is 1.63. The van der Waals surface area contributed by atoms with Gasteiger partial charge in [0, 0.05) is 31.2 Å². The van der Waals surface area contributed by atoms with Gasteiger partial charge in [-0.25, -0.2) is 14.2 Å². The zero-order valence-corrected chi connectivity index (χ0v) is 14.9. The molecular formula is C18H20FN5O2. The number of amides is 3. The first-order chi connectivity index (χ1) is 12.4. The van der Waals surface area contributed by atoms with Gasteiger partial charge in [0.2, 0.25) is 5.96 Å². The summed E-state index contributed by atoms with van der Waals surface area (Å²) in [7, 11) is 1.67. The number of carbonyl (C=O) groups excluding carboxylic acids is 2. The molecule has 3 aliphatic rings. The molecule has 7 nitrogen and oxygen atoms in total. The van der Waals surface area contributed by atoms with Crippen LogP contribution in [0.4, 0.5) is 14.9 Å². The van der Waals surface area contributed by atoms with E-state index in [0.717, 1.165) is 11.4 Å². The first-order valence-corrected chi connectivity index (χ1v) is 8.62. The molecule has 26 heavy (non-hydrogen) atoms. The Labute approximate surface area is 151 Å². The van der Waals surface area contributed by atoms with Crippen LogP contribution >= 0.6 is 0 Å². The van der Waals surface area contributed by atoms with Crippen molar-refractivity contribution in [2.24, 2.45) is 4.99 Å². The van der Waals surface area contributed by atoms with Crippen molar-refractivity contribution in [2.75, 3.05) is 18.5 Å². The van der Waals surface area contributed by atoms with Gasteiger partial charge in [-0.15, -0.1) is 0 Å². The summed E-state index contributed by atoms with van der Waals surface area (Å²) in [4.78, 5) is 36.6. The molecule has 0 aromatic heterocycles. The smallest absolute Gasteiger partial charge is 0.302 e. The van der Waals surface area contributed by atoms with Gasteiger partial charge in [0.25, 0.3) is 5.91 Å². The number of guanidine groups is 1. The lowest BCUT2D eigenvalue weighted by atomic mass is 10.1. The third kappa shape index (κ3) is 2.21. The molecule has 1 fully saturated rings. The number of imide groups is 1. The van der Waals surface area contributed by atoms with Gasteiger partial charge in [-0.3, -0.25) is 14.6 Å². The Kier molecular flexibility index (Phi) is 3.71. The predicted octanol–water partition coefficient (Wildman–Crippen LogP) is 2.18. The molecule has 8 heteroatoms. The van der Waals surface area contributed by atoms with Crippen molar-refractivity contribution in [1.82, 2.24) is 14.7 Å². The van der Waals surface area contributed by atoms with Gasteiger partial charge in [-0.05, 0) is 37.6 Å². The number of urea groups is 1. The lowest BCUT2D eigenvalue weighted by Gasteiger charge is -2.40. The Morgan fingerprint density at radius 3 is 2.54 bits per heavy atom. The van der Waals surface area contributed by atoms with Gasteiger partial charge in [0.1, 0.15) is 5.82 Å². The number of carbonyl (C=O) groups is 2. The highest BCUT2D eigenvalue weighted by Gasteiger charge is 2.54. The molecule has 0 spiro atoms. The van der Waals surface area contributed by atoms with Crippen LogP contribution in [-0.4, -0.2) is 58.4 Å². The maximum Gasteiger partial charge on any atom is 0.328 e. The molecule has 4 rings (SSSR count). The maximum atomic E-state index is 13.3. The maximum absolute atomic E-state index is 13.3. The lowest BCUT2D eigenvalue weighted by Crippen LogP contribution is -2.64. The number of anilines is 1. The average Bonchev–Trinajstić information content (AvgIpc) is 3.12. The van der Waals surface area contributed by atoms with Gasteiger partial charge in [-0.2, -0.15) is 0 Å². The number of halogens is 1. The van der Waals surface area contributed by atoms with Crippen molar-refractivity contribution >= 4 is 23.6 Å². The first-order valence-electron chi connectivity index (χ1n) is 8.62. The first kappa shape index (κ1) is 16.6. The zero-order valence-electron chi connectivity index (χ0n) is 14.9. The molecule has 2 atom stereocenters. The Morgan fingerprint density at radius 1 is 1.19 bits per heavy atom. The Morgan fingerprint density at radius 2 is 1.88 bits per heavy atom. The molecule has 0 radical (unpaired) electrons. The Bertz CT molecular complexity index is 834. The number of rotatable bonds is 3. The van der Waals surface area contributed by atoms with E-state index >= 15 is 0 Å². The van der Waals surface area contributed by atoms with Crippen molar-refractivity contribution < 1.29 is 14.0 Å². The minimum atomic E-state index is -0.570. The predicted molar refractivity (Wildman–Crippen MR) is 94.6 cm³/mol. The molecule has 2 unspecified atom stereocenters. The van der Waals surface area contributed by atoms with E-state index in [1.807, 2.05) is 29.8 Å². The molecule has 3 aliphatic heterocycles. The minimum Gasteiger partial charge on any atom is -0.302 e. The highest BCUT2D eigenvalue weighted by atomic mass is 19.1. The molecule has 3 amide bonds. The largest absolute Gasteiger partial charge is 0.328 e. The second kappa shape index (κ2) is 5.82. The fourth-order valence-corrected chi connectivity index (χ4v) is 3.69. The number of allylic oxidation sites excluding steroid dienone is 1. The van der Waals surface area contributed by atoms with E-state index in [2.05, 4.69) is 4.99 Å².